The maximum Gasteiger partial charge on any atom is 0.355 e. The molecule has 1 amide bonds. The van der Waals surface area contributed by atoms with Gasteiger partial charge in [0, 0.05) is 24.4 Å². The van der Waals surface area contributed by atoms with Crippen molar-refractivity contribution in [3.8, 4) is 0 Å². The van der Waals surface area contributed by atoms with E-state index in [-0.39, 0.29) is 22.1 Å². The molecule has 2 aromatic rings. The molecule has 0 spiro atoms. The van der Waals surface area contributed by atoms with Crippen molar-refractivity contribution in [1.29, 1.82) is 0 Å². The molecule has 2 aromatic heterocycles. The minimum atomic E-state index is -1.09. The van der Waals surface area contributed by atoms with Crippen molar-refractivity contribution in [2.75, 3.05) is 6.54 Å². The van der Waals surface area contributed by atoms with Gasteiger partial charge in [-0.15, -0.1) is 11.3 Å². The zero-order chi connectivity index (χ0) is 15.4. The van der Waals surface area contributed by atoms with Crippen LogP contribution in [0.15, 0.2) is 17.5 Å². The number of hydrogen-bond acceptors (Lipinski definition) is 7. The average molecular weight is 327 g/mol. The summed E-state index contributed by atoms with van der Waals surface area (Å²) in [5.74, 6) is -1.49. The largest absolute Gasteiger partial charge is 0.476 e. The second kappa shape index (κ2) is 6.41. The van der Waals surface area contributed by atoms with Crippen LogP contribution in [-0.2, 0) is 6.42 Å². The number of nitro groups is 1. The van der Waals surface area contributed by atoms with Crippen molar-refractivity contribution >= 4 is 39.6 Å². The predicted molar refractivity (Wildman–Crippen MR) is 76.1 cm³/mol. The first kappa shape index (κ1) is 15.1. The van der Waals surface area contributed by atoms with Gasteiger partial charge in [0.25, 0.3) is 5.91 Å². The zero-order valence-corrected chi connectivity index (χ0v) is 12.1. The van der Waals surface area contributed by atoms with Crippen molar-refractivity contribution < 1.29 is 19.6 Å². The van der Waals surface area contributed by atoms with E-state index in [0.717, 1.165) is 11.3 Å². The minimum Gasteiger partial charge on any atom is -0.476 e. The molecule has 0 saturated heterocycles. The average Bonchev–Trinajstić information content (AvgIpc) is 3.07. The number of aromatic carboxylic acids is 1. The Balaban J connectivity index is 1.85. The Morgan fingerprint density at radius 1 is 1.43 bits per heavy atom. The highest BCUT2D eigenvalue weighted by Crippen LogP contribution is 2.23. The topological polar surface area (TPSA) is 122 Å². The number of carbonyl (C=O) groups excluding carboxylic acids is 1. The standard InChI is InChI=1S/C11H9N3O5S2/c15-10(7-1-2-9(21-7)14(18)19)12-4-3-8-13-6(5-20-8)11(16)17/h1-2,5H,3-4H2,(H,12,15)(H,16,17). The molecule has 0 bridgehead atoms. The summed E-state index contributed by atoms with van der Waals surface area (Å²) in [6, 6.07) is 2.67. The van der Waals surface area contributed by atoms with Crippen LogP contribution in [0.2, 0.25) is 0 Å². The zero-order valence-electron chi connectivity index (χ0n) is 10.4. The molecular weight excluding hydrogens is 318 g/mol. The van der Waals surface area contributed by atoms with Crippen molar-refractivity contribution in [3.05, 3.63) is 43.2 Å². The number of thiazole rings is 1. The van der Waals surface area contributed by atoms with Gasteiger partial charge in [-0.1, -0.05) is 11.3 Å². The van der Waals surface area contributed by atoms with Crippen molar-refractivity contribution in [1.82, 2.24) is 10.3 Å². The molecule has 110 valence electrons. The van der Waals surface area contributed by atoms with Crippen molar-refractivity contribution in [3.63, 3.8) is 0 Å². The Bertz CT molecular complexity index is 694. The summed E-state index contributed by atoms with van der Waals surface area (Å²) >= 11 is 2.00. The highest BCUT2D eigenvalue weighted by molar-refractivity contribution is 7.17. The number of carboxylic acids is 1. The number of thiophene rings is 1. The molecule has 0 fully saturated rings. The van der Waals surface area contributed by atoms with Crippen LogP contribution < -0.4 is 5.32 Å². The number of carboxylic acid groups (broad SMARTS) is 1. The molecule has 0 atom stereocenters. The number of rotatable bonds is 6. The molecule has 0 aliphatic heterocycles. The smallest absolute Gasteiger partial charge is 0.355 e. The first-order chi connectivity index (χ1) is 9.97. The van der Waals surface area contributed by atoms with E-state index in [0.29, 0.717) is 11.4 Å². The van der Waals surface area contributed by atoms with Gasteiger partial charge in [-0.05, 0) is 6.07 Å². The summed E-state index contributed by atoms with van der Waals surface area (Å²) in [5, 5.41) is 23.8. The molecule has 2 N–H and O–H groups in total. The number of aromatic nitrogens is 1. The molecule has 0 unspecified atom stereocenters. The number of nitrogens with zero attached hydrogens (tertiary/aromatic N) is 2. The summed E-state index contributed by atoms with van der Waals surface area (Å²) in [4.78, 5) is 36.5. The minimum absolute atomic E-state index is 0.0183. The van der Waals surface area contributed by atoms with Gasteiger partial charge in [0.2, 0.25) is 0 Å². The Labute approximate surface area is 126 Å². The monoisotopic (exact) mass is 327 g/mol. The SMILES string of the molecule is O=C(O)c1csc(CCNC(=O)c2ccc([N+](=O)[O-])s2)n1. The van der Waals surface area contributed by atoms with E-state index in [1.807, 2.05) is 0 Å². The molecular formula is C11H9N3O5S2. The van der Waals surface area contributed by atoms with Gasteiger partial charge in [-0.3, -0.25) is 14.9 Å². The molecule has 0 aromatic carbocycles. The number of nitrogens with one attached hydrogen (secondary N) is 1. The Kier molecular flexibility index (Phi) is 4.60. The summed E-state index contributed by atoms with van der Waals surface area (Å²) in [5.41, 5.74) is -0.0183. The van der Waals surface area contributed by atoms with Crippen molar-refractivity contribution in [2.24, 2.45) is 0 Å². The molecule has 2 heterocycles. The van der Waals surface area contributed by atoms with E-state index in [2.05, 4.69) is 10.3 Å². The first-order valence-corrected chi connectivity index (χ1v) is 7.37. The Hall–Kier alpha value is -2.33. The molecule has 0 radical (unpaired) electrons. The van der Waals surface area contributed by atoms with Crippen LogP contribution in [0, 0.1) is 10.1 Å². The lowest BCUT2D eigenvalue weighted by Crippen LogP contribution is -2.24. The summed E-state index contributed by atoms with van der Waals surface area (Å²) < 4.78 is 0. The van der Waals surface area contributed by atoms with E-state index in [1.54, 1.807) is 0 Å². The van der Waals surface area contributed by atoms with E-state index >= 15 is 0 Å². The quantitative estimate of drug-likeness (QED) is 0.616. The second-order valence-electron chi connectivity index (χ2n) is 3.83. The van der Waals surface area contributed by atoms with Crippen LogP contribution in [0.5, 0.6) is 0 Å². The van der Waals surface area contributed by atoms with Crippen LogP contribution in [0.3, 0.4) is 0 Å². The fourth-order valence-electron chi connectivity index (χ4n) is 1.44. The van der Waals surface area contributed by atoms with E-state index < -0.39 is 16.8 Å². The Morgan fingerprint density at radius 3 is 2.76 bits per heavy atom. The lowest BCUT2D eigenvalue weighted by atomic mass is 10.4. The highest BCUT2D eigenvalue weighted by Gasteiger charge is 2.15. The summed E-state index contributed by atoms with van der Waals surface area (Å²) in [6.45, 7) is 0.275. The van der Waals surface area contributed by atoms with Gasteiger partial charge in [0.05, 0.1) is 14.8 Å². The van der Waals surface area contributed by atoms with E-state index in [1.165, 1.54) is 28.8 Å². The molecule has 2 rings (SSSR count). The van der Waals surface area contributed by atoms with E-state index in [9.17, 15) is 19.7 Å². The van der Waals surface area contributed by atoms with Crippen LogP contribution in [0.25, 0.3) is 0 Å². The third-order valence-corrected chi connectivity index (χ3v) is 4.34. The van der Waals surface area contributed by atoms with E-state index in [4.69, 9.17) is 5.11 Å². The molecule has 0 saturated carbocycles. The summed E-state index contributed by atoms with van der Waals surface area (Å²) in [7, 11) is 0. The fraction of sp³-hybridized carbons (Fsp3) is 0.182. The van der Waals surface area contributed by atoms with Gasteiger partial charge < -0.3 is 10.4 Å². The second-order valence-corrected chi connectivity index (χ2v) is 5.84. The van der Waals surface area contributed by atoms with Crippen LogP contribution >= 0.6 is 22.7 Å². The maximum absolute atomic E-state index is 11.7. The lowest BCUT2D eigenvalue weighted by Gasteiger charge is -2.00. The first-order valence-electron chi connectivity index (χ1n) is 5.67. The van der Waals surface area contributed by atoms with Gasteiger partial charge in [-0.25, -0.2) is 9.78 Å². The van der Waals surface area contributed by atoms with Crippen molar-refractivity contribution in [2.45, 2.75) is 6.42 Å². The third kappa shape index (κ3) is 3.83. The predicted octanol–water partition coefficient (Wildman–Crippen LogP) is 1.78. The lowest BCUT2D eigenvalue weighted by molar-refractivity contribution is -0.380. The Morgan fingerprint density at radius 2 is 2.19 bits per heavy atom. The van der Waals surface area contributed by atoms with Crippen LogP contribution in [0.4, 0.5) is 5.00 Å². The number of hydrogen-bond donors (Lipinski definition) is 2. The molecule has 0 aliphatic rings. The summed E-state index contributed by atoms with van der Waals surface area (Å²) in [6.07, 6.45) is 0.400. The molecule has 21 heavy (non-hydrogen) atoms. The fourth-order valence-corrected chi connectivity index (χ4v) is 2.95. The van der Waals surface area contributed by atoms with Gasteiger partial charge in [0.15, 0.2) is 5.69 Å². The van der Waals surface area contributed by atoms with Gasteiger partial charge >= 0.3 is 11.0 Å². The maximum atomic E-state index is 11.7. The molecule has 0 aliphatic carbocycles. The van der Waals surface area contributed by atoms with Crippen LogP contribution in [-0.4, -0.2) is 33.4 Å². The normalized spacial score (nSPS) is 10.3. The highest BCUT2D eigenvalue weighted by atomic mass is 32.1. The van der Waals surface area contributed by atoms with Gasteiger partial charge in [0.1, 0.15) is 0 Å². The molecule has 10 heteroatoms. The molecule has 8 nitrogen and oxygen atoms in total. The number of carbonyl (C=O) groups is 2. The van der Waals surface area contributed by atoms with Crippen LogP contribution in [0.1, 0.15) is 25.2 Å². The van der Waals surface area contributed by atoms with Gasteiger partial charge in [-0.2, -0.15) is 0 Å². The third-order valence-electron chi connectivity index (χ3n) is 2.39. The number of amides is 1.